The fourth-order valence-electron chi connectivity index (χ4n) is 7.01. The Balaban J connectivity index is 1.18. The maximum Gasteiger partial charge on any atom is 0.248 e. The number of anilines is 1. The van der Waals surface area contributed by atoms with Gasteiger partial charge in [-0.2, -0.15) is 0 Å². The molecule has 246 valence electrons. The van der Waals surface area contributed by atoms with Crippen LogP contribution in [-0.4, -0.2) is 85.8 Å². The van der Waals surface area contributed by atoms with Crippen molar-refractivity contribution < 1.29 is 27.9 Å². The summed E-state index contributed by atoms with van der Waals surface area (Å²) in [5.41, 5.74) is 0.810. The molecular formula is C34H48N4O6S. The molecule has 2 N–H and O–H groups in total. The van der Waals surface area contributed by atoms with Crippen LogP contribution in [0.1, 0.15) is 70.3 Å². The van der Waals surface area contributed by atoms with Crippen molar-refractivity contribution in [1.29, 1.82) is 0 Å². The second kappa shape index (κ2) is 14.1. The van der Waals surface area contributed by atoms with Crippen LogP contribution >= 0.6 is 0 Å². The highest BCUT2D eigenvalue weighted by Crippen LogP contribution is 2.36. The number of nitrogens with one attached hydrogen (secondary N) is 1. The number of likely N-dealkylation sites (tertiary alicyclic amines) is 1. The Kier molecular flexibility index (Phi) is 10.4. The Morgan fingerprint density at radius 3 is 2.18 bits per heavy atom. The van der Waals surface area contributed by atoms with Crippen LogP contribution in [0.4, 0.5) is 5.69 Å². The fraction of sp³-hybridized carbons (Fsp3) is 0.588. The Hall–Kier alpha value is -3.15. The van der Waals surface area contributed by atoms with E-state index in [0.29, 0.717) is 49.7 Å². The number of ether oxygens (including phenoxy) is 1. The number of piperidine rings is 1. The van der Waals surface area contributed by atoms with Crippen LogP contribution in [0.5, 0.6) is 11.5 Å². The van der Waals surface area contributed by atoms with E-state index >= 15 is 0 Å². The molecule has 3 aliphatic rings. The van der Waals surface area contributed by atoms with Gasteiger partial charge in [0, 0.05) is 33.2 Å². The highest BCUT2D eigenvalue weighted by atomic mass is 32.2. The first-order chi connectivity index (χ1) is 21.5. The van der Waals surface area contributed by atoms with Gasteiger partial charge < -0.3 is 20.1 Å². The minimum atomic E-state index is -3.33. The lowest BCUT2D eigenvalue weighted by atomic mass is 9.78. The molecule has 11 heteroatoms. The maximum atomic E-state index is 13.9. The molecule has 0 aromatic heterocycles. The third-order valence-electron chi connectivity index (χ3n) is 9.91. The molecule has 0 bridgehead atoms. The predicted octanol–water partition coefficient (Wildman–Crippen LogP) is 4.28. The van der Waals surface area contributed by atoms with Crippen LogP contribution in [0, 0.1) is 5.92 Å². The lowest BCUT2D eigenvalue weighted by molar-refractivity contribution is -0.166. The number of aliphatic hydroxyl groups is 1. The zero-order valence-corrected chi connectivity index (χ0v) is 27.6. The highest BCUT2D eigenvalue weighted by molar-refractivity contribution is 7.92. The van der Waals surface area contributed by atoms with Gasteiger partial charge >= 0.3 is 0 Å². The van der Waals surface area contributed by atoms with Gasteiger partial charge in [-0.15, -0.1) is 0 Å². The number of hydrogen-bond acceptors (Lipinski definition) is 7. The summed E-state index contributed by atoms with van der Waals surface area (Å²) in [5.74, 6) is 1.10. The van der Waals surface area contributed by atoms with Crippen molar-refractivity contribution in [1.82, 2.24) is 15.1 Å². The highest BCUT2D eigenvalue weighted by Gasteiger charge is 2.55. The summed E-state index contributed by atoms with van der Waals surface area (Å²) in [6.07, 6.45) is 8.30. The molecule has 3 fully saturated rings. The van der Waals surface area contributed by atoms with Gasteiger partial charge in [-0.1, -0.05) is 44.7 Å². The smallest absolute Gasteiger partial charge is 0.248 e. The van der Waals surface area contributed by atoms with E-state index in [1.165, 1.54) is 11.4 Å². The molecule has 0 radical (unpaired) electrons. The van der Waals surface area contributed by atoms with Gasteiger partial charge in [0.15, 0.2) is 0 Å². The number of unbranched alkanes of at least 4 members (excludes halogenated alkanes) is 1. The zero-order chi connectivity index (χ0) is 32.2. The van der Waals surface area contributed by atoms with Gasteiger partial charge in [0.1, 0.15) is 23.1 Å². The molecule has 2 aromatic rings. The number of carbonyl (C=O) groups excluding carboxylic acids is 2. The van der Waals surface area contributed by atoms with Crippen LogP contribution < -0.4 is 14.4 Å². The van der Waals surface area contributed by atoms with Crippen LogP contribution in [0.2, 0.25) is 0 Å². The van der Waals surface area contributed by atoms with E-state index in [4.69, 9.17) is 4.74 Å². The fourth-order valence-corrected chi connectivity index (χ4v) is 7.51. The normalized spacial score (nSPS) is 21.9. The third kappa shape index (κ3) is 7.47. The Bertz CT molecular complexity index is 1420. The van der Waals surface area contributed by atoms with E-state index in [0.717, 1.165) is 63.3 Å². The monoisotopic (exact) mass is 640 g/mol. The summed E-state index contributed by atoms with van der Waals surface area (Å²) in [6, 6.07) is 13.9. The molecule has 2 aliphatic heterocycles. The molecule has 10 nitrogen and oxygen atoms in total. The maximum absolute atomic E-state index is 13.9. The number of sulfonamides is 1. The summed E-state index contributed by atoms with van der Waals surface area (Å²) in [4.78, 5) is 31.8. The number of aliphatic hydroxyl groups excluding tert-OH is 1. The van der Waals surface area contributed by atoms with Crippen molar-refractivity contribution in [2.75, 3.05) is 37.2 Å². The average Bonchev–Trinajstić information content (AvgIpc) is 3.04. The van der Waals surface area contributed by atoms with E-state index in [1.807, 2.05) is 29.2 Å². The molecule has 5 rings (SSSR count). The molecule has 1 spiro atoms. The molecule has 0 unspecified atom stereocenters. The standard InChI is InChI=1S/C34H48N4O6S/c1-4-5-21-38-32(40)30(31(39)26-9-7-6-8-10-26)35-33(41)34(38)19-22-37(23-20-34)24-25-11-15-28(16-12-25)44-29-17-13-27(14-18-29)36(2)45(3,42)43/h11-18,26,30-31,39H,4-10,19-24H2,1-3H3,(H,35,41)/t30-,31-/m1/s1. The van der Waals surface area contributed by atoms with Crippen LogP contribution in [0.15, 0.2) is 48.5 Å². The van der Waals surface area contributed by atoms with Crippen molar-refractivity contribution in [2.45, 2.75) is 88.9 Å². The number of amides is 2. The van der Waals surface area contributed by atoms with E-state index in [2.05, 4.69) is 17.1 Å². The lowest BCUT2D eigenvalue weighted by Crippen LogP contribution is -2.75. The van der Waals surface area contributed by atoms with Gasteiger partial charge in [-0.3, -0.25) is 18.8 Å². The van der Waals surface area contributed by atoms with Crippen LogP contribution in [-0.2, 0) is 26.2 Å². The number of hydrogen-bond donors (Lipinski definition) is 2. The van der Waals surface area contributed by atoms with E-state index < -0.39 is 27.7 Å². The number of nitrogens with zero attached hydrogens (tertiary/aromatic N) is 3. The van der Waals surface area contributed by atoms with E-state index in [9.17, 15) is 23.1 Å². The van der Waals surface area contributed by atoms with Gasteiger partial charge in [0.2, 0.25) is 21.8 Å². The lowest BCUT2D eigenvalue weighted by Gasteiger charge is -2.52. The number of benzene rings is 2. The van der Waals surface area contributed by atoms with E-state index in [1.54, 1.807) is 24.3 Å². The molecular weight excluding hydrogens is 592 g/mol. The number of rotatable bonds is 11. The molecule has 1 aliphatic carbocycles. The number of piperazine rings is 1. The Morgan fingerprint density at radius 2 is 1.60 bits per heavy atom. The first-order valence-corrected chi connectivity index (χ1v) is 18.2. The second-order valence-corrected chi connectivity index (χ2v) is 15.0. The quantitative estimate of drug-likeness (QED) is 0.377. The summed E-state index contributed by atoms with van der Waals surface area (Å²) >= 11 is 0. The predicted molar refractivity (Wildman–Crippen MR) is 175 cm³/mol. The molecule has 45 heavy (non-hydrogen) atoms. The first kappa shape index (κ1) is 33.2. The summed E-state index contributed by atoms with van der Waals surface area (Å²) in [5, 5.41) is 14.2. The Labute approximate surface area is 267 Å². The molecule has 2 atom stereocenters. The summed E-state index contributed by atoms with van der Waals surface area (Å²) in [7, 11) is -1.82. The molecule has 1 saturated carbocycles. The van der Waals surface area contributed by atoms with Crippen LogP contribution in [0.25, 0.3) is 0 Å². The second-order valence-electron chi connectivity index (χ2n) is 13.0. The van der Waals surface area contributed by atoms with Gasteiger partial charge in [-0.25, -0.2) is 8.42 Å². The average molecular weight is 641 g/mol. The van der Waals surface area contributed by atoms with E-state index in [-0.39, 0.29) is 17.7 Å². The van der Waals surface area contributed by atoms with Crippen LogP contribution in [0.3, 0.4) is 0 Å². The molecule has 2 aromatic carbocycles. The molecule has 2 saturated heterocycles. The Morgan fingerprint density at radius 1 is 1.00 bits per heavy atom. The van der Waals surface area contributed by atoms with Gasteiger partial charge in [0.05, 0.1) is 18.0 Å². The van der Waals surface area contributed by atoms with Crippen molar-refractivity contribution >= 4 is 27.5 Å². The topological polar surface area (TPSA) is 119 Å². The number of carbonyl (C=O) groups is 2. The van der Waals surface area contributed by atoms with Crippen molar-refractivity contribution in [3.05, 3.63) is 54.1 Å². The van der Waals surface area contributed by atoms with Crippen molar-refractivity contribution in [2.24, 2.45) is 5.92 Å². The summed E-state index contributed by atoms with van der Waals surface area (Å²) in [6.45, 7) is 4.72. The molecule has 2 heterocycles. The first-order valence-electron chi connectivity index (χ1n) is 16.4. The molecule has 2 amide bonds. The SMILES string of the molecule is CCCCN1C(=O)[C@@H]([C@H](O)C2CCCCC2)NC(=O)C12CCN(Cc1ccc(Oc3ccc(N(C)S(C)(=O)=O)cc3)cc1)CC2. The zero-order valence-electron chi connectivity index (χ0n) is 26.8. The minimum absolute atomic E-state index is 0.0585. The van der Waals surface area contributed by atoms with Gasteiger partial charge in [0.25, 0.3) is 0 Å². The summed E-state index contributed by atoms with van der Waals surface area (Å²) < 4.78 is 30.7. The van der Waals surface area contributed by atoms with Gasteiger partial charge in [-0.05, 0) is 80.0 Å². The minimum Gasteiger partial charge on any atom is -0.457 e. The van der Waals surface area contributed by atoms with Crippen molar-refractivity contribution in [3.63, 3.8) is 0 Å². The largest absolute Gasteiger partial charge is 0.457 e. The third-order valence-corrected chi connectivity index (χ3v) is 11.1. The van der Waals surface area contributed by atoms with Crippen molar-refractivity contribution in [3.8, 4) is 11.5 Å².